The van der Waals surface area contributed by atoms with Crippen molar-refractivity contribution >= 4 is 23.2 Å². The molecule has 2 N–H and O–H groups in total. The Kier molecular flexibility index (Phi) is 6.12. The summed E-state index contributed by atoms with van der Waals surface area (Å²) in [5.41, 5.74) is 1.05. The molecule has 0 aliphatic heterocycles. The molecule has 20 heavy (non-hydrogen) atoms. The summed E-state index contributed by atoms with van der Waals surface area (Å²) in [7, 11) is 0. The highest BCUT2D eigenvalue weighted by molar-refractivity contribution is 6.42. The molecular weight excluding hydrogens is 297 g/mol. The highest BCUT2D eigenvalue weighted by atomic mass is 35.5. The number of nitrogens with one attached hydrogen (secondary N) is 1. The first-order valence-corrected chi connectivity index (χ1v) is 7.76. The van der Waals surface area contributed by atoms with Crippen LogP contribution in [0.3, 0.4) is 0 Å². The van der Waals surface area contributed by atoms with E-state index in [4.69, 9.17) is 27.9 Å². The lowest BCUT2D eigenvalue weighted by atomic mass is 10.1. The van der Waals surface area contributed by atoms with Crippen molar-refractivity contribution < 1.29 is 9.84 Å². The Balaban J connectivity index is 1.69. The molecule has 1 fully saturated rings. The van der Waals surface area contributed by atoms with E-state index in [1.807, 2.05) is 19.1 Å². The molecule has 2 rings (SSSR count). The van der Waals surface area contributed by atoms with Gasteiger partial charge in [-0.15, -0.1) is 0 Å². The molecule has 0 heterocycles. The van der Waals surface area contributed by atoms with Gasteiger partial charge in [0, 0.05) is 19.2 Å². The molecule has 0 bridgehead atoms. The standard InChI is InChI=1S/C15H21Cl2NO2/c1-10(12-4-5-14(16)15(17)6-12)18-7-13(19)9-20-8-11-2-3-11/h4-6,10-11,13,18-19H,2-3,7-9H2,1H3. The molecule has 2 unspecified atom stereocenters. The predicted octanol–water partition coefficient (Wildman–Crippen LogP) is 3.43. The van der Waals surface area contributed by atoms with E-state index < -0.39 is 6.10 Å². The van der Waals surface area contributed by atoms with E-state index in [0.717, 1.165) is 18.1 Å². The molecule has 0 aromatic heterocycles. The number of benzene rings is 1. The zero-order chi connectivity index (χ0) is 14.5. The van der Waals surface area contributed by atoms with Crippen molar-refractivity contribution in [2.75, 3.05) is 19.8 Å². The minimum Gasteiger partial charge on any atom is -0.389 e. The second-order valence-corrected chi connectivity index (χ2v) is 6.25. The average molecular weight is 318 g/mol. The fourth-order valence-electron chi connectivity index (χ4n) is 1.93. The molecule has 0 spiro atoms. The van der Waals surface area contributed by atoms with E-state index >= 15 is 0 Å². The topological polar surface area (TPSA) is 41.5 Å². The number of aliphatic hydroxyl groups is 1. The number of halogens is 2. The minimum atomic E-state index is -0.487. The molecule has 1 aromatic carbocycles. The number of rotatable bonds is 8. The zero-order valence-electron chi connectivity index (χ0n) is 11.6. The van der Waals surface area contributed by atoms with Crippen molar-refractivity contribution in [2.24, 2.45) is 5.92 Å². The third-order valence-electron chi connectivity index (χ3n) is 3.46. The first kappa shape index (κ1) is 16.1. The van der Waals surface area contributed by atoms with E-state index in [9.17, 15) is 5.11 Å². The Bertz CT molecular complexity index is 438. The van der Waals surface area contributed by atoms with Gasteiger partial charge in [-0.25, -0.2) is 0 Å². The third-order valence-corrected chi connectivity index (χ3v) is 4.20. The van der Waals surface area contributed by atoms with Crippen LogP contribution in [0.2, 0.25) is 10.0 Å². The Morgan fingerprint density at radius 1 is 1.35 bits per heavy atom. The molecule has 3 nitrogen and oxygen atoms in total. The fraction of sp³-hybridized carbons (Fsp3) is 0.600. The van der Waals surface area contributed by atoms with Crippen LogP contribution in [-0.2, 0) is 4.74 Å². The van der Waals surface area contributed by atoms with Gasteiger partial charge in [0.25, 0.3) is 0 Å². The molecule has 1 aliphatic rings. The van der Waals surface area contributed by atoms with Crippen LogP contribution in [0, 0.1) is 5.92 Å². The SMILES string of the molecule is CC(NCC(O)COCC1CC1)c1ccc(Cl)c(Cl)c1. The maximum absolute atomic E-state index is 9.84. The third kappa shape index (κ3) is 5.23. The maximum Gasteiger partial charge on any atom is 0.0897 e. The minimum absolute atomic E-state index is 0.0999. The summed E-state index contributed by atoms with van der Waals surface area (Å²) < 4.78 is 5.46. The molecule has 0 amide bonds. The summed E-state index contributed by atoms with van der Waals surface area (Å²) >= 11 is 11.9. The normalized spacial score (nSPS) is 18.0. The maximum atomic E-state index is 9.84. The molecular formula is C15H21Cl2NO2. The average Bonchev–Trinajstić information content (AvgIpc) is 3.23. The number of hydrogen-bond donors (Lipinski definition) is 2. The fourth-order valence-corrected chi connectivity index (χ4v) is 2.23. The van der Waals surface area contributed by atoms with Crippen LogP contribution < -0.4 is 5.32 Å². The zero-order valence-corrected chi connectivity index (χ0v) is 13.1. The van der Waals surface area contributed by atoms with Crippen molar-refractivity contribution in [1.82, 2.24) is 5.32 Å². The van der Waals surface area contributed by atoms with Crippen LogP contribution in [0.4, 0.5) is 0 Å². The lowest BCUT2D eigenvalue weighted by Crippen LogP contribution is -2.32. The van der Waals surface area contributed by atoms with Crippen molar-refractivity contribution in [1.29, 1.82) is 0 Å². The quantitative estimate of drug-likeness (QED) is 0.771. The van der Waals surface area contributed by atoms with Gasteiger partial charge in [0.2, 0.25) is 0 Å². The van der Waals surface area contributed by atoms with Crippen molar-refractivity contribution in [2.45, 2.75) is 31.9 Å². The van der Waals surface area contributed by atoms with Crippen LogP contribution in [0.15, 0.2) is 18.2 Å². The summed E-state index contributed by atoms with van der Waals surface area (Å²) in [6.45, 7) is 3.68. The highest BCUT2D eigenvalue weighted by Crippen LogP contribution is 2.28. The largest absolute Gasteiger partial charge is 0.389 e. The lowest BCUT2D eigenvalue weighted by Gasteiger charge is -2.18. The van der Waals surface area contributed by atoms with Gasteiger partial charge in [-0.3, -0.25) is 0 Å². The van der Waals surface area contributed by atoms with E-state index in [2.05, 4.69) is 5.32 Å². The molecule has 0 saturated heterocycles. The summed E-state index contributed by atoms with van der Waals surface area (Å²) in [4.78, 5) is 0. The smallest absolute Gasteiger partial charge is 0.0897 e. The van der Waals surface area contributed by atoms with Gasteiger partial charge in [-0.1, -0.05) is 29.3 Å². The molecule has 112 valence electrons. The van der Waals surface area contributed by atoms with Crippen molar-refractivity contribution in [3.8, 4) is 0 Å². The van der Waals surface area contributed by atoms with Crippen molar-refractivity contribution in [3.63, 3.8) is 0 Å². The van der Waals surface area contributed by atoms with Gasteiger partial charge in [0.1, 0.15) is 0 Å². The summed E-state index contributed by atoms with van der Waals surface area (Å²) in [5, 5.41) is 14.2. The molecule has 0 radical (unpaired) electrons. The lowest BCUT2D eigenvalue weighted by molar-refractivity contribution is 0.0315. The Hall–Kier alpha value is -0.320. The van der Waals surface area contributed by atoms with E-state index in [1.54, 1.807) is 6.07 Å². The van der Waals surface area contributed by atoms with Crippen LogP contribution in [0.5, 0.6) is 0 Å². The van der Waals surface area contributed by atoms with Gasteiger partial charge in [-0.2, -0.15) is 0 Å². The first-order chi connectivity index (χ1) is 9.56. The van der Waals surface area contributed by atoms with Gasteiger partial charge in [0.15, 0.2) is 0 Å². The Morgan fingerprint density at radius 3 is 2.75 bits per heavy atom. The first-order valence-electron chi connectivity index (χ1n) is 7.00. The molecule has 1 aromatic rings. The Morgan fingerprint density at radius 2 is 2.10 bits per heavy atom. The van der Waals surface area contributed by atoms with Gasteiger partial charge in [-0.05, 0) is 43.4 Å². The molecule has 1 saturated carbocycles. The monoisotopic (exact) mass is 317 g/mol. The summed E-state index contributed by atoms with van der Waals surface area (Å²) in [6, 6.07) is 5.66. The Labute approximate surface area is 130 Å². The molecule has 1 aliphatic carbocycles. The number of ether oxygens (including phenoxy) is 1. The van der Waals surface area contributed by atoms with E-state index in [1.165, 1.54) is 12.8 Å². The van der Waals surface area contributed by atoms with E-state index in [0.29, 0.717) is 23.2 Å². The summed E-state index contributed by atoms with van der Waals surface area (Å²) in [5.74, 6) is 0.727. The van der Waals surface area contributed by atoms with Gasteiger partial charge in [0.05, 0.1) is 22.8 Å². The second-order valence-electron chi connectivity index (χ2n) is 5.44. The second kappa shape index (κ2) is 7.62. The van der Waals surface area contributed by atoms with Crippen molar-refractivity contribution in [3.05, 3.63) is 33.8 Å². The summed E-state index contributed by atoms with van der Waals surface area (Å²) in [6.07, 6.45) is 2.05. The highest BCUT2D eigenvalue weighted by Gasteiger charge is 2.21. The van der Waals surface area contributed by atoms with Gasteiger partial charge >= 0.3 is 0 Å². The van der Waals surface area contributed by atoms with Crippen LogP contribution in [0.1, 0.15) is 31.4 Å². The number of aliphatic hydroxyl groups excluding tert-OH is 1. The molecule has 2 atom stereocenters. The molecule has 5 heteroatoms. The van der Waals surface area contributed by atoms with Gasteiger partial charge < -0.3 is 15.2 Å². The van der Waals surface area contributed by atoms with E-state index in [-0.39, 0.29) is 6.04 Å². The van der Waals surface area contributed by atoms with Crippen LogP contribution >= 0.6 is 23.2 Å². The van der Waals surface area contributed by atoms with Crippen LogP contribution in [-0.4, -0.2) is 31.0 Å². The predicted molar refractivity (Wildman–Crippen MR) is 82.4 cm³/mol. The van der Waals surface area contributed by atoms with Crippen LogP contribution in [0.25, 0.3) is 0 Å². The number of hydrogen-bond acceptors (Lipinski definition) is 3.